The van der Waals surface area contributed by atoms with Gasteiger partial charge in [-0.2, -0.15) is 0 Å². The monoisotopic (exact) mass is 325 g/mol. The molecule has 0 heterocycles. The molecule has 0 saturated carbocycles. The van der Waals surface area contributed by atoms with Gasteiger partial charge in [-0.3, -0.25) is 4.79 Å². The van der Waals surface area contributed by atoms with Gasteiger partial charge in [0.15, 0.2) is 5.78 Å². The fourth-order valence-electron chi connectivity index (χ4n) is 1.71. The number of carbonyl (C=O) groups excluding carboxylic acids is 1. The lowest BCUT2D eigenvalue weighted by Gasteiger charge is -2.07. The second kappa shape index (κ2) is 5.48. The predicted molar refractivity (Wildman–Crippen MR) is 72.9 cm³/mol. The maximum Gasteiger partial charge on any atom is 0.168 e. The summed E-state index contributed by atoms with van der Waals surface area (Å²) in [5.41, 5.74) is 6.09. The van der Waals surface area contributed by atoms with Gasteiger partial charge in [0.05, 0.1) is 0 Å². The highest BCUT2D eigenvalue weighted by atomic mass is 79.9. The molecule has 0 bridgehead atoms. The Kier molecular flexibility index (Phi) is 3.95. The van der Waals surface area contributed by atoms with Crippen molar-refractivity contribution in [1.82, 2.24) is 0 Å². The third-order valence-corrected chi connectivity index (χ3v) is 3.38. The summed E-state index contributed by atoms with van der Waals surface area (Å²) in [5, 5.41) is 0. The number of ketones is 1. The average molecular weight is 326 g/mol. The fraction of sp³-hybridized carbons (Fsp3) is 0.0714. The Balaban J connectivity index is 2.34. The molecule has 2 aromatic carbocycles. The summed E-state index contributed by atoms with van der Waals surface area (Å²) < 4.78 is 27.5. The van der Waals surface area contributed by atoms with E-state index in [-0.39, 0.29) is 12.0 Å². The maximum absolute atomic E-state index is 13.5. The third-order valence-electron chi connectivity index (χ3n) is 2.69. The van der Waals surface area contributed by atoms with Crippen molar-refractivity contribution in [3.05, 3.63) is 63.6 Å². The Morgan fingerprint density at radius 2 is 1.79 bits per heavy atom. The minimum atomic E-state index is -0.728. The molecule has 19 heavy (non-hydrogen) atoms. The second-order valence-corrected chi connectivity index (χ2v) is 4.89. The standard InChI is InChI=1S/C14H10BrF2NO/c15-11-5-4-8(18)6-9(11)14(19)7-10-12(16)2-1-3-13(10)17/h1-6H,7,18H2. The molecule has 0 saturated heterocycles. The van der Waals surface area contributed by atoms with Crippen LogP contribution in [0, 0.1) is 11.6 Å². The lowest BCUT2D eigenvalue weighted by atomic mass is 10.0. The van der Waals surface area contributed by atoms with Crippen LogP contribution in [0.1, 0.15) is 15.9 Å². The first-order valence-electron chi connectivity index (χ1n) is 5.50. The van der Waals surface area contributed by atoms with Crippen LogP contribution >= 0.6 is 15.9 Å². The topological polar surface area (TPSA) is 43.1 Å². The van der Waals surface area contributed by atoms with Gasteiger partial charge in [-0.05, 0) is 30.3 Å². The molecule has 0 spiro atoms. The van der Waals surface area contributed by atoms with E-state index in [1.807, 2.05) is 0 Å². The van der Waals surface area contributed by atoms with Gasteiger partial charge >= 0.3 is 0 Å². The average Bonchev–Trinajstić information content (AvgIpc) is 2.37. The van der Waals surface area contributed by atoms with Gasteiger partial charge in [0, 0.05) is 27.7 Å². The summed E-state index contributed by atoms with van der Waals surface area (Å²) >= 11 is 3.22. The molecule has 5 heteroatoms. The highest BCUT2D eigenvalue weighted by molar-refractivity contribution is 9.10. The van der Waals surface area contributed by atoms with E-state index in [1.54, 1.807) is 12.1 Å². The lowest BCUT2D eigenvalue weighted by Crippen LogP contribution is -2.08. The zero-order valence-electron chi connectivity index (χ0n) is 9.79. The number of nitrogens with two attached hydrogens (primary N) is 1. The zero-order chi connectivity index (χ0) is 14.0. The van der Waals surface area contributed by atoms with Crippen LogP contribution in [0.5, 0.6) is 0 Å². The molecule has 2 N–H and O–H groups in total. The molecule has 2 nitrogen and oxygen atoms in total. The first-order valence-corrected chi connectivity index (χ1v) is 6.29. The van der Waals surface area contributed by atoms with Crippen molar-refractivity contribution in [3.63, 3.8) is 0 Å². The molecular formula is C14H10BrF2NO. The maximum atomic E-state index is 13.5. The van der Waals surface area contributed by atoms with Crippen molar-refractivity contribution in [3.8, 4) is 0 Å². The Morgan fingerprint density at radius 3 is 2.42 bits per heavy atom. The normalized spacial score (nSPS) is 10.5. The Bertz CT molecular complexity index is 623. The highest BCUT2D eigenvalue weighted by Crippen LogP contribution is 2.22. The van der Waals surface area contributed by atoms with Gasteiger partial charge in [-0.15, -0.1) is 0 Å². The molecule has 2 rings (SSSR count). The van der Waals surface area contributed by atoms with Gasteiger partial charge in [0.2, 0.25) is 0 Å². The van der Waals surface area contributed by atoms with Crippen LogP contribution < -0.4 is 5.73 Å². The molecule has 0 aromatic heterocycles. The van der Waals surface area contributed by atoms with Gasteiger partial charge in [0.25, 0.3) is 0 Å². The number of Topliss-reactive ketones (excluding diaryl/α,β-unsaturated/α-hetero) is 1. The summed E-state index contributed by atoms with van der Waals surface area (Å²) in [7, 11) is 0. The summed E-state index contributed by atoms with van der Waals surface area (Å²) in [4.78, 5) is 12.1. The number of carbonyl (C=O) groups is 1. The number of rotatable bonds is 3. The number of hydrogen-bond donors (Lipinski definition) is 1. The smallest absolute Gasteiger partial charge is 0.168 e. The number of halogens is 3. The molecule has 0 aliphatic rings. The first-order chi connectivity index (χ1) is 8.99. The molecule has 0 radical (unpaired) electrons. The van der Waals surface area contributed by atoms with E-state index in [0.29, 0.717) is 15.7 Å². The third kappa shape index (κ3) is 2.98. The lowest BCUT2D eigenvalue weighted by molar-refractivity contribution is 0.0990. The van der Waals surface area contributed by atoms with Gasteiger partial charge in [-0.25, -0.2) is 8.78 Å². The van der Waals surface area contributed by atoms with Crippen LogP contribution in [0.25, 0.3) is 0 Å². The van der Waals surface area contributed by atoms with E-state index in [0.717, 1.165) is 12.1 Å². The molecule has 0 aliphatic carbocycles. The van der Waals surface area contributed by atoms with E-state index in [4.69, 9.17) is 5.73 Å². The van der Waals surface area contributed by atoms with Crippen molar-refractivity contribution in [2.75, 3.05) is 5.73 Å². The van der Waals surface area contributed by atoms with E-state index >= 15 is 0 Å². The number of nitrogen functional groups attached to an aromatic ring is 1. The number of hydrogen-bond acceptors (Lipinski definition) is 2. The van der Waals surface area contributed by atoms with Gasteiger partial charge < -0.3 is 5.73 Å². The summed E-state index contributed by atoms with van der Waals surface area (Å²) in [6.45, 7) is 0. The van der Waals surface area contributed by atoms with Crippen LogP contribution in [0.3, 0.4) is 0 Å². The summed E-state index contributed by atoms with van der Waals surface area (Å²) in [6.07, 6.45) is -0.347. The van der Waals surface area contributed by atoms with E-state index in [9.17, 15) is 13.6 Å². The Morgan fingerprint density at radius 1 is 1.16 bits per heavy atom. The summed E-state index contributed by atoms with van der Waals surface area (Å²) in [6, 6.07) is 8.24. The first kappa shape index (κ1) is 13.7. The van der Waals surface area contributed by atoms with Crippen molar-refractivity contribution in [2.45, 2.75) is 6.42 Å². The van der Waals surface area contributed by atoms with Gasteiger partial charge in [0.1, 0.15) is 11.6 Å². The minimum Gasteiger partial charge on any atom is -0.399 e. The van der Waals surface area contributed by atoms with E-state index < -0.39 is 17.4 Å². The van der Waals surface area contributed by atoms with Gasteiger partial charge in [-0.1, -0.05) is 22.0 Å². The molecule has 0 unspecified atom stereocenters. The SMILES string of the molecule is Nc1ccc(Br)c(C(=O)Cc2c(F)cccc2F)c1. The van der Waals surface area contributed by atoms with Crippen molar-refractivity contribution < 1.29 is 13.6 Å². The van der Waals surface area contributed by atoms with Crippen molar-refractivity contribution in [1.29, 1.82) is 0 Å². The Hall–Kier alpha value is -1.75. The molecule has 0 atom stereocenters. The predicted octanol–water partition coefficient (Wildman–Crippen LogP) is 3.73. The minimum absolute atomic E-state index is 0.234. The molecule has 2 aromatic rings. The van der Waals surface area contributed by atoms with Crippen molar-refractivity contribution in [2.24, 2.45) is 0 Å². The number of benzene rings is 2. The van der Waals surface area contributed by atoms with Crippen LogP contribution in [0.15, 0.2) is 40.9 Å². The number of anilines is 1. The molecule has 0 amide bonds. The van der Waals surface area contributed by atoms with Crippen LogP contribution in [-0.2, 0) is 6.42 Å². The molecule has 0 fully saturated rings. The quantitative estimate of drug-likeness (QED) is 0.690. The molecule has 98 valence electrons. The second-order valence-electron chi connectivity index (χ2n) is 4.04. The highest BCUT2D eigenvalue weighted by Gasteiger charge is 2.16. The Labute approximate surface area is 117 Å². The van der Waals surface area contributed by atoms with Crippen LogP contribution in [0.4, 0.5) is 14.5 Å². The van der Waals surface area contributed by atoms with Crippen molar-refractivity contribution >= 4 is 27.4 Å². The van der Waals surface area contributed by atoms with Crippen LogP contribution in [-0.4, -0.2) is 5.78 Å². The molecular weight excluding hydrogens is 316 g/mol. The van der Waals surface area contributed by atoms with E-state index in [1.165, 1.54) is 12.1 Å². The molecule has 0 aliphatic heterocycles. The largest absolute Gasteiger partial charge is 0.399 e. The zero-order valence-corrected chi connectivity index (χ0v) is 11.4. The van der Waals surface area contributed by atoms with E-state index in [2.05, 4.69) is 15.9 Å². The fourth-order valence-corrected chi connectivity index (χ4v) is 2.18. The van der Waals surface area contributed by atoms with Crippen LogP contribution in [0.2, 0.25) is 0 Å². The summed E-state index contributed by atoms with van der Waals surface area (Å²) in [5.74, 6) is -1.86.